The first kappa shape index (κ1) is 24.3. The molecular weight excluding hydrogens is 459 g/mol. The Morgan fingerprint density at radius 2 is 1.96 bits per heavy atom. The predicted molar refractivity (Wildman–Crippen MR) is 119 cm³/mol. The molecule has 0 heterocycles. The molecule has 0 aromatic carbocycles. The van der Waals surface area contributed by atoms with Gasteiger partial charge >= 0.3 is 6.09 Å². The Labute approximate surface area is 180 Å². The van der Waals surface area contributed by atoms with Gasteiger partial charge < -0.3 is 25.4 Å². The van der Waals surface area contributed by atoms with E-state index in [4.69, 9.17) is 9.47 Å². The van der Waals surface area contributed by atoms with Crippen molar-refractivity contribution in [3.8, 4) is 0 Å². The molecule has 0 aromatic heterocycles. The number of hydrogen-bond acceptors (Lipinski definition) is 4. The number of aliphatic imine (C=N–C) groups is 1. The highest BCUT2D eigenvalue weighted by atomic mass is 127. The highest BCUT2D eigenvalue weighted by Gasteiger charge is 2.34. The van der Waals surface area contributed by atoms with Gasteiger partial charge in [0.2, 0.25) is 0 Å². The van der Waals surface area contributed by atoms with E-state index in [1.54, 1.807) is 14.2 Å². The minimum atomic E-state index is -0.335. The molecule has 1 amide bonds. The Morgan fingerprint density at radius 1 is 1.26 bits per heavy atom. The third kappa shape index (κ3) is 8.41. The van der Waals surface area contributed by atoms with Crippen LogP contribution in [0.1, 0.15) is 51.9 Å². The Kier molecular flexibility index (Phi) is 11.4. The van der Waals surface area contributed by atoms with Gasteiger partial charge in [-0.25, -0.2) is 4.79 Å². The van der Waals surface area contributed by atoms with Crippen molar-refractivity contribution in [2.24, 2.45) is 16.3 Å². The molecule has 0 aliphatic heterocycles. The van der Waals surface area contributed by atoms with Gasteiger partial charge in [0.1, 0.15) is 0 Å². The summed E-state index contributed by atoms with van der Waals surface area (Å²) in [6.07, 6.45) is 8.15. The standard InChI is InChI=1S/C19H36N4O3.HI/c1-4-26-18(24)23-16(15-7-8-15)13-21-17(20-2)22-14-19(11-12-25-3)9-5-6-10-19;/h15-16H,4-14H2,1-3H3,(H,23,24)(H2,20,21,22);1H. The maximum atomic E-state index is 11.7. The topological polar surface area (TPSA) is 84.0 Å². The molecule has 158 valence electrons. The van der Waals surface area contributed by atoms with E-state index < -0.39 is 0 Å². The van der Waals surface area contributed by atoms with Crippen LogP contribution in [0.25, 0.3) is 0 Å². The van der Waals surface area contributed by atoms with Crippen molar-refractivity contribution in [1.82, 2.24) is 16.0 Å². The van der Waals surface area contributed by atoms with Crippen LogP contribution in [0.15, 0.2) is 4.99 Å². The predicted octanol–water partition coefficient (Wildman–Crippen LogP) is 2.89. The Bertz CT molecular complexity index is 466. The van der Waals surface area contributed by atoms with Crippen LogP contribution in [0.5, 0.6) is 0 Å². The first-order valence-electron chi connectivity index (χ1n) is 9.99. The first-order valence-corrected chi connectivity index (χ1v) is 9.99. The fourth-order valence-corrected chi connectivity index (χ4v) is 3.82. The van der Waals surface area contributed by atoms with Gasteiger partial charge in [0, 0.05) is 33.9 Å². The lowest BCUT2D eigenvalue weighted by atomic mass is 9.83. The van der Waals surface area contributed by atoms with Crippen LogP contribution in [0.3, 0.4) is 0 Å². The molecule has 2 fully saturated rings. The number of alkyl carbamates (subject to hydrolysis) is 1. The molecule has 27 heavy (non-hydrogen) atoms. The molecule has 8 heteroatoms. The third-order valence-corrected chi connectivity index (χ3v) is 5.61. The second-order valence-electron chi connectivity index (χ2n) is 7.57. The van der Waals surface area contributed by atoms with E-state index in [1.807, 2.05) is 6.92 Å². The number of nitrogens with one attached hydrogen (secondary N) is 3. The summed E-state index contributed by atoms with van der Waals surface area (Å²) in [7, 11) is 3.56. The number of rotatable bonds is 10. The molecule has 0 bridgehead atoms. The monoisotopic (exact) mass is 496 g/mol. The van der Waals surface area contributed by atoms with Crippen LogP contribution in [-0.4, -0.2) is 58.6 Å². The minimum absolute atomic E-state index is 0. The Balaban J connectivity index is 0.00000364. The van der Waals surface area contributed by atoms with Crippen LogP contribution in [0.2, 0.25) is 0 Å². The van der Waals surface area contributed by atoms with Gasteiger partial charge in [-0.15, -0.1) is 24.0 Å². The van der Waals surface area contributed by atoms with Crippen LogP contribution in [0, 0.1) is 11.3 Å². The van der Waals surface area contributed by atoms with E-state index in [-0.39, 0.29) is 36.1 Å². The summed E-state index contributed by atoms with van der Waals surface area (Å²) in [5, 5.41) is 9.84. The van der Waals surface area contributed by atoms with Crippen molar-refractivity contribution >= 4 is 36.0 Å². The van der Waals surface area contributed by atoms with Gasteiger partial charge in [-0.3, -0.25) is 4.99 Å². The minimum Gasteiger partial charge on any atom is -0.450 e. The van der Waals surface area contributed by atoms with Gasteiger partial charge in [-0.1, -0.05) is 12.8 Å². The lowest BCUT2D eigenvalue weighted by Gasteiger charge is -2.30. The second kappa shape index (κ2) is 12.6. The molecule has 1 unspecified atom stereocenters. The number of ether oxygens (including phenoxy) is 2. The maximum Gasteiger partial charge on any atom is 0.407 e. The van der Waals surface area contributed by atoms with E-state index in [9.17, 15) is 4.79 Å². The number of halogens is 1. The maximum absolute atomic E-state index is 11.7. The third-order valence-electron chi connectivity index (χ3n) is 5.61. The molecule has 7 nitrogen and oxygen atoms in total. The number of methoxy groups -OCH3 is 1. The second-order valence-corrected chi connectivity index (χ2v) is 7.57. The largest absolute Gasteiger partial charge is 0.450 e. The zero-order chi connectivity index (χ0) is 18.8. The molecule has 0 aromatic rings. The van der Waals surface area contributed by atoms with E-state index in [1.165, 1.54) is 25.7 Å². The van der Waals surface area contributed by atoms with E-state index >= 15 is 0 Å². The van der Waals surface area contributed by atoms with Crippen molar-refractivity contribution in [2.45, 2.75) is 57.9 Å². The zero-order valence-electron chi connectivity index (χ0n) is 17.0. The number of guanidine groups is 1. The van der Waals surface area contributed by atoms with E-state index in [0.29, 0.717) is 24.5 Å². The van der Waals surface area contributed by atoms with Crippen molar-refractivity contribution in [1.29, 1.82) is 0 Å². The summed E-state index contributed by atoms with van der Waals surface area (Å²) < 4.78 is 10.3. The Hall–Kier alpha value is -0.770. The van der Waals surface area contributed by atoms with Crippen molar-refractivity contribution in [3.63, 3.8) is 0 Å². The molecule has 0 saturated heterocycles. The molecule has 1 atom stereocenters. The molecule has 0 radical (unpaired) electrons. The van der Waals surface area contributed by atoms with Crippen LogP contribution in [-0.2, 0) is 9.47 Å². The summed E-state index contributed by atoms with van der Waals surface area (Å²) in [6.45, 7) is 4.59. The Morgan fingerprint density at radius 3 is 2.52 bits per heavy atom. The van der Waals surface area contributed by atoms with Gasteiger partial charge in [0.15, 0.2) is 5.96 Å². The summed E-state index contributed by atoms with van der Waals surface area (Å²) in [6, 6.07) is 0.0848. The smallest absolute Gasteiger partial charge is 0.407 e. The lowest BCUT2D eigenvalue weighted by molar-refractivity contribution is 0.138. The van der Waals surface area contributed by atoms with Crippen LogP contribution in [0.4, 0.5) is 4.79 Å². The van der Waals surface area contributed by atoms with Crippen LogP contribution < -0.4 is 16.0 Å². The van der Waals surface area contributed by atoms with E-state index in [0.717, 1.165) is 38.4 Å². The molecular formula is C19H37IN4O3. The van der Waals surface area contributed by atoms with Crippen LogP contribution >= 0.6 is 24.0 Å². The van der Waals surface area contributed by atoms with Gasteiger partial charge in [-0.2, -0.15) is 0 Å². The lowest BCUT2D eigenvalue weighted by Crippen LogP contribution is -2.49. The molecule has 2 saturated carbocycles. The SMILES string of the molecule is CCOC(=O)NC(CNC(=NC)NCC1(CCOC)CCCC1)C1CC1.I. The molecule has 2 aliphatic carbocycles. The normalized spacial score (nSPS) is 19.7. The fraction of sp³-hybridized carbons (Fsp3) is 0.895. The number of amides is 1. The number of carbonyl (C=O) groups is 1. The van der Waals surface area contributed by atoms with Gasteiger partial charge in [0.25, 0.3) is 0 Å². The summed E-state index contributed by atoms with van der Waals surface area (Å²) in [4.78, 5) is 16.1. The highest BCUT2D eigenvalue weighted by Crippen LogP contribution is 2.40. The molecule has 2 aliphatic rings. The molecule has 0 spiro atoms. The fourth-order valence-electron chi connectivity index (χ4n) is 3.82. The van der Waals surface area contributed by atoms with Crippen molar-refractivity contribution in [3.05, 3.63) is 0 Å². The molecule has 2 rings (SSSR count). The van der Waals surface area contributed by atoms with Gasteiger partial charge in [-0.05, 0) is 50.4 Å². The molecule has 3 N–H and O–H groups in total. The van der Waals surface area contributed by atoms with Crippen molar-refractivity contribution < 1.29 is 14.3 Å². The average Bonchev–Trinajstić information content (AvgIpc) is 3.38. The summed E-state index contributed by atoms with van der Waals surface area (Å²) in [5.74, 6) is 1.33. The first-order chi connectivity index (χ1) is 12.6. The number of nitrogens with zero attached hydrogens (tertiary/aromatic N) is 1. The van der Waals surface area contributed by atoms with Gasteiger partial charge in [0.05, 0.1) is 12.6 Å². The summed E-state index contributed by atoms with van der Waals surface area (Å²) >= 11 is 0. The summed E-state index contributed by atoms with van der Waals surface area (Å²) in [5.41, 5.74) is 0.312. The number of carbonyl (C=O) groups excluding carboxylic acids is 1. The van der Waals surface area contributed by atoms with Crippen molar-refractivity contribution in [2.75, 3.05) is 40.5 Å². The quantitative estimate of drug-likeness (QED) is 0.246. The average molecular weight is 496 g/mol. The number of hydrogen-bond donors (Lipinski definition) is 3. The zero-order valence-corrected chi connectivity index (χ0v) is 19.3. The highest BCUT2D eigenvalue weighted by molar-refractivity contribution is 14.0. The van der Waals surface area contributed by atoms with E-state index in [2.05, 4.69) is 20.9 Å².